The van der Waals surface area contributed by atoms with Gasteiger partial charge in [-0.15, -0.1) is 0 Å². The Kier molecular flexibility index (Phi) is 6.95. The Morgan fingerprint density at radius 3 is 2.45 bits per heavy atom. The van der Waals surface area contributed by atoms with Gasteiger partial charge in [0.05, 0.1) is 11.3 Å². The minimum absolute atomic E-state index is 0.00213. The van der Waals surface area contributed by atoms with Gasteiger partial charge in [-0.1, -0.05) is 24.3 Å². The third-order valence-corrected chi connectivity index (χ3v) is 5.00. The van der Waals surface area contributed by atoms with E-state index in [9.17, 15) is 18.0 Å². The zero-order chi connectivity index (χ0) is 22.4. The predicted octanol–water partition coefficient (Wildman–Crippen LogP) is 5.54. The summed E-state index contributed by atoms with van der Waals surface area (Å²) in [5.41, 5.74) is 2.65. The van der Waals surface area contributed by atoms with Crippen LogP contribution in [-0.2, 0) is 12.7 Å². The van der Waals surface area contributed by atoms with Gasteiger partial charge >= 0.3 is 6.18 Å². The molecular formula is C24H24F3N3O. The molecule has 2 aromatic carbocycles. The number of nitrogens with one attached hydrogen (secondary N) is 1. The molecule has 0 bridgehead atoms. The summed E-state index contributed by atoms with van der Waals surface area (Å²) in [6, 6.07) is 16.1. The number of nitrogens with zero attached hydrogens (tertiary/aromatic N) is 2. The zero-order valence-corrected chi connectivity index (χ0v) is 17.4. The van der Waals surface area contributed by atoms with E-state index >= 15 is 0 Å². The number of aromatic nitrogens is 1. The van der Waals surface area contributed by atoms with Crippen LogP contribution in [0.15, 0.2) is 66.9 Å². The molecule has 0 aliphatic rings. The number of benzene rings is 2. The van der Waals surface area contributed by atoms with Crippen molar-refractivity contribution in [3.63, 3.8) is 0 Å². The van der Waals surface area contributed by atoms with Crippen molar-refractivity contribution in [3.05, 3.63) is 83.6 Å². The van der Waals surface area contributed by atoms with Crippen LogP contribution in [0.4, 0.5) is 18.9 Å². The molecule has 1 aromatic heterocycles. The molecule has 0 saturated carbocycles. The molecule has 31 heavy (non-hydrogen) atoms. The maximum Gasteiger partial charge on any atom is 0.416 e. The summed E-state index contributed by atoms with van der Waals surface area (Å²) in [4.78, 5) is 19.2. The van der Waals surface area contributed by atoms with E-state index in [4.69, 9.17) is 0 Å². The molecule has 0 aliphatic carbocycles. The van der Waals surface area contributed by atoms with E-state index < -0.39 is 11.7 Å². The fourth-order valence-corrected chi connectivity index (χ4v) is 3.32. The van der Waals surface area contributed by atoms with E-state index in [0.29, 0.717) is 16.8 Å². The standard InChI is InChI=1S/C24H24F3N3O/c1-3-30(4-2)21-10-6-8-18(14-21)22-15-19(11-12-28-22)23(31)29-16-17-7-5-9-20(13-17)24(25,26)27/h5-15H,3-4,16H2,1-2H3,(H,29,31). The van der Waals surface area contributed by atoms with Gasteiger partial charge < -0.3 is 10.2 Å². The Balaban J connectivity index is 1.75. The lowest BCUT2D eigenvalue weighted by atomic mass is 10.1. The highest BCUT2D eigenvalue weighted by molar-refractivity contribution is 5.95. The van der Waals surface area contributed by atoms with Gasteiger partial charge in [0.2, 0.25) is 0 Å². The van der Waals surface area contributed by atoms with E-state index in [2.05, 4.69) is 29.0 Å². The summed E-state index contributed by atoms with van der Waals surface area (Å²) < 4.78 is 38.6. The molecule has 1 N–H and O–H groups in total. The number of alkyl halides is 3. The van der Waals surface area contributed by atoms with Crippen LogP contribution in [0.1, 0.15) is 35.3 Å². The van der Waals surface area contributed by atoms with Gasteiger partial charge in [-0.3, -0.25) is 9.78 Å². The first-order valence-electron chi connectivity index (χ1n) is 10.1. The number of hydrogen-bond acceptors (Lipinski definition) is 3. The molecule has 0 aliphatic heterocycles. The number of rotatable bonds is 7. The number of hydrogen-bond donors (Lipinski definition) is 1. The predicted molar refractivity (Wildman–Crippen MR) is 116 cm³/mol. The van der Waals surface area contributed by atoms with Gasteiger partial charge in [-0.25, -0.2) is 0 Å². The molecule has 3 rings (SSSR count). The molecule has 0 unspecified atom stereocenters. The van der Waals surface area contributed by atoms with Gasteiger partial charge in [-0.05, 0) is 55.8 Å². The quantitative estimate of drug-likeness (QED) is 0.538. The minimum Gasteiger partial charge on any atom is -0.372 e. The summed E-state index contributed by atoms with van der Waals surface area (Å²) in [6.45, 7) is 5.93. The first-order valence-corrected chi connectivity index (χ1v) is 10.1. The van der Waals surface area contributed by atoms with Crippen molar-refractivity contribution >= 4 is 11.6 Å². The lowest BCUT2D eigenvalue weighted by molar-refractivity contribution is -0.137. The van der Waals surface area contributed by atoms with Crippen LogP contribution in [0.2, 0.25) is 0 Å². The SMILES string of the molecule is CCN(CC)c1cccc(-c2cc(C(=O)NCc3cccc(C(F)(F)F)c3)ccn2)c1. The molecule has 0 radical (unpaired) electrons. The molecule has 162 valence electrons. The molecule has 4 nitrogen and oxygen atoms in total. The highest BCUT2D eigenvalue weighted by atomic mass is 19.4. The smallest absolute Gasteiger partial charge is 0.372 e. The normalized spacial score (nSPS) is 11.3. The van der Waals surface area contributed by atoms with E-state index in [0.717, 1.165) is 36.5 Å². The average molecular weight is 427 g/mol. The maximum atomic E-state index is 12.9. The number of anilines is 1. The molecule has 7 heteroatoms. The monoisotopic (exact) mass is 427 g/mol. The van der Waals surface area contributed by atoms with Gasteiger partial charge in [0, 0.05) is 42.6 Å². The van der Waals surface area contributed by atoms with E-state index in [-0.39, 0.29) is 12.5 Å². The van der Waals surface area contributed by atoms with Crippen molar-refractivity contribution in [2.45, 2.75) is 26.6 Å². The second-order valence-electron chi connectivity index (χ2n) is 7.03. The summed E-state index contributed by atoms with van der Waals surface area (Å²) in [5, 5.41) is 2.68. The molecular weight excluding hydrogens is 403 g/mol. The highest BCUT2D eigenvalue weighted by Gasteiger charge is 2.30. The Morgan fingerprint density at radius 2 is 1.74 bits per heavy atom. The Labute approximate surface area is 179 Å². The topological polar surface area (TPSA) is 45.2 Å². The Hall–Kier alpha value is -3.35. The molecule has 3 aromatic rings. The van der Waals surface area contributed by atoms with Crippen molar-refractivity contribution in [1.29, 1.82) is 0 Å². The van der Waals surface area contributed by atoms with Crippen LogP contribution in [-0.4, -0.2) is 24.0 Å². The van der Waals surface area contributed by atoms with Crippen LogP contribution in [0, 0.1) is 0 Å². The zero-order valence-electron chi connectivity index (χ0n) is 17.4. The number of pyridine rings is 1. The van der Waals surface area contributed by atoms with Crippen LogP contribution in [0.3, 0.4) is 0 Å². The minimum atomic E-state index is -4.42. The van der Waals surface area contributed by atoms with Crippen molar-refractivity contribution < 1.29 is 18.0 Å². The number of carbonyl (C=O) groups excluding carboxylic acids is 1. The van der Waals surface area contributed by atoms with Crippen molar-refractivity contribution in [2.24, 2.45) is 0 Å². The van der Waals surface area contributed by atoms with Crippen LogP contribution < -0.4 is 10.2 Å². The summed E-state index contributed by atoms with van der Waals surface area (Å²) >= 11 is 0. The largest absolute Gasteiger partial charge is 0.416 e. The van der Waals surface area contributed by atoms with Crippen LogP contribution >= 0.6 is 0 Å². The van der Waals surface area contributed by atoms with Crippen molar-refractivity contribution in [3.8, 4) is 11.3 Å². The number of carbonyl (C=O) groups is 1. The number of amides is 1. The number of halogens is 3. The van der Waals surface area contributed by atoms with E-state index in [1.807, 2.05) is 24.3 Å². The van der Waals surface area contributed by atoms with Gasteiger partial charge in [0.25, 0.3) is 5.91 Å². The third-order valence-electron chi connectivity index (χ3n) is 5.00. The molecule has 1 amide bonds. The van der Waals surface area contributed by atoms with E-state index in [1.54, 1.807) is 24.4 Å². The maximum absolute atomic E-state index is 12.9. The molecule has 0 spiro atoms. The summed E-state index contributed by atoms with van der Waals surface area (Å²) in [6.07, 6.45) is -2.86. The first kappa shape index (κ1) is 22.3. The van der Waals surface area contributed by atoms with Gasteiger partial charge in [0.15, 0.2) is 0 Å². The Bertz CT molecular complexity index is 1050. The van der Waals surface area contributed by atoms with Crippen LogP contribution in [0.5, 0.6) is 0 Å². The highest BCUT2D eigenvalue weighted by Crippen LogP contribution is 2.29. The summed E-state index contributed by atoms with van der Waals surface area (Å²) in [5.74, 6) is -0.374. The van der Waals surface area contributed by atoms with Gasteiger partial charge in [-0.2, -0.15) is 13.2 Å². The van der Waals surface area contributed by atoms with Gasteiger partial charge in [0.1, 0.15) is 0 Å². The lowest BCUT2D eigenvalue weighted by Gasteiger charge is -2.21. The fourth-order valence-electron chi connectivity index (χ4n) is 3.32. The molecule has 0 atom stereocenters. The Morgan fingerprint density at radius 1 is 1.00 bits per heavy atom. The lowest BCUT2D eigenvalue weighted by Crippen LogP contribution is -2.23. The van der Waals surface area contributed by atoms with Crippen LogP contribution in [0.25, 0.3) is 11.3 Å². The molecule has 0 saturated heterocycles. The second-order valence-corrected chi connectivity index (χ2v) is 7.03. The van der Waals surface area contributed by atoms with Crippen molar-refractivity contribution in [1.82, 2.24) is 10.3 Å². The average Bonchev–Trinajstić information content (AvgIpc) is 2.78. The van der Waals surface area contributed by atoms with Crippen molar-refractivity contribution in [2.75, 3.05) is 18.0 Å². The molecule has 1 heterocycles. The summed E-state index contributed by atoms with van der Waals surface area (Å²) in [7, 11) is 0. The third kappa shape index (κ3) is 5.63. The first-order chi connectivity index (χ1) is 14.8. The molecule has 0 fully saturated rings. The fraction of sp³-hybridized carbons (Fsp3) is 0.250. The second kappa shape index (κ2) is 9.64. The van der Waals surface area contributed by atoms with E-state index in [1.165, 1.54) is 6.07 Å².